The number of benzene rings is 2. The fourth-order valence-corrected chi connectivity index (χ4v) is 4.58. The number of fused-ring (bicyclic) bond motifs is 1. The molecule has 7 nitrogen and oxygen atoms in total. The van der Waals surface area contributed by atoms with Gasteiger partial charge in [-0.1, -0.05) is 46.8 Å². The molecule has 0 spiro atoms. The summed E-state index contributed by atoms with van der Waals surface area (Å²) in [4.78, 5) is 24.9. The number of furan rings is 1. The third-order valence-corrected chi connectivity index (χ3v) is 7.29. The lowest BCUT2D eigenvalue weighted by molar-refractivity contribution is -0.137. The van der Waals surface area contributed by atoms with Gasteiger partial charge in [0.25, 0.3) is 5.91 Å². The minimum absolute atomic E-state index is 0.225. The van der Waals surface area contributed by atoms with Gasteiger partial charge in [0.15, 0.2) is 0 Å². The third kappa shape index (κ3) is 5.99. The molecule has 3 aromatic rings. The standard InChI is InChI=1S/C30H39NO6/c1-8-30(9-2,22-11-13-23(19(3)14-22)36-18-25(32)29(4,5)6)26-16-21-15-20(10-12-24(21)37-26)28(35)31(7)17-27(33)34/h10-16,25,32H,8-9,17-18H2,1-7H3,(H,33,34). The highest BCUT2D eigenvalue weighted by Crippen LogP contribution is 2.42. The maximum atomic E-state index is 12.7. The van der Waals surface area contributed by atoms with Crippen LogP contribution in [0.3, 0.4) is 0 Å². The lowest BCUT2D eigenvalue weighted by atomic mass is 9.73. The highest BCUT2D eigenvalue weighted by Gasteiger charge is 2.35. The quantitative estimate of drug-likeness (QED) is 0.359. The summed E-state index contributed by atoms with van der Waals surface area (Å²) in [5.74, 6) is 0.140. The Morgan fingerprint density at radius 1 is 1.05 bits per heavy atom. The Morgan fingerprint density at radius 2 is 1.73 bits per heavy atom. The topological polar surface area (TPSA) is 100 Å². The predicted octanol–water partition coefficient (Wildman–Crippen LogP) is 5.79. The molecular formula is C30H39NO6. The summed E-state index contributed by atoms with van der Waals surface area (Å²) < 4.78 is 12.3. The van der Waals surface area contributed by atoms with E-state index in [1.807, 2.05) is 39.8 Å². The van der Waals surface area contributed by atoms with E-state index in [0.29, 0.717) is 11.1 Å². The molecule has 0 radical (unpaired) electrons. The van der Waals surface area contributed by atoms with Crippen LogP contribution in [0.15, 0.2) is 46.9 Å². The summed E-state index contributed by atoms with van der Waals surface area (Å²) >= 11 is 0. The van der Waals surface area contributed by atoms with Crippen LogP contribution in [0.25, 0.3) is 11.0 Å². The molecule has 1 heterocycles. The number of nitrogens with zero attached hydrogens (tertiary/aromatic N) is 1. The number of hydrogen-bond acceptors (Lipinski definition) is 5. The minimum Gasteiger partial charge on any atom is -0.491 e. The van der Waals surface area contributed by atoms with E-state index < -0.39 is 12.1 Å². The largest absolute Gasteiger partial charge is 0.491 e. The Morgan fingerprint density at radius 3 is 2.30 bits per heavy atom. The second-order valence-electron chi connectivity index (χ2n) is 10.9. The minimum atomic E-state index is -1.06. The zero-order chi connectivity index (χ0) is 27.5. The normalized spacial score (nSPS) is 13.0. The monoisotopic (exact) mass is 509 g/mol. The van der Waals surface area contributed by atoms with Gasteiger partial charge in [0.2, 0.25) is 0 Å². The average Bonchev–Trinajstić information content (AvgIpc) is 3.26. The number of ether oxygens (including phenoxy) is 1. The molecule has 0 bridgehead atoms. The van der Waals surface area contributed by atoms with E-state index in [4.69, 9.17) is 14.3 Å². The molecule has 7 heteroatoms. The molecule has 1 aromatic heterocycles. The van der Waals surface area contributed by atoms with Crippen molar-refractivity contribution < 1.29 is 29.0 Å². The van der Waals surface area contributed by atoms with Crippen LogP contribution >= 0.6 is 0 Å². The van der Waals surface area contributed by atoms with E-state index in [2.05, 4.69) is 26.0 Å². The van der Waals surface area contributed by atoms with Gasteiger partial charge >= 0.3 is 5.97 Å². The van der Waals surface area contributed by atoms with Gasteiger partial charge in [-0.2, -0.15) is 0 Å². The van der Waals surface area contributed by atoms with Crippen molar-refractivity contribution in [1.29, 1.82) is 0 Å². The zero-order valence-corrected chi connectivity index (χ0v) is 22.9. The van der Waals surface area contributed by atoms with Crippen LogP contribution in [0.2, 0.25) is 0 Å². The number of hydrogen-bond donors (Lipinski definition) is 2. The van der Waals surface area contributed by atoms with Crippen molar-refractivity contribution in [2.45, 2.75) is 65.9 Å². The molecule has 0 saturated heterocycles. The summed E-state index contributed by atoms with van der Waals surface area (Å²) in [5.41, 5.74) is 2.54. The van der Waals surface area contributed by atoms with Crippen molar-refractivity contribution in [3.05, 3.63) is 64.9 Å². The van der Waals surface area contributed by atoms with E-state index in [-0.39, 0.29) is 29.9 Å². The first-order valence-corrected chi connectivity index (χ1v) is 12.8. The van der Waals surface area contributed by atoms with E-state index in [0.717, 1.165) is 40.9 Å². The Kier molecular flexibility index (Phi) is 8.38. The Labute approximate surface area is 219 Å². The number of aliphatic hydroxyl groups excluding tert-OH is 1. The lowest BCUT2D eigenvalue weighted by Crippen LogP contribution is -2.32. The molecular weight excluding hydrogens is 470 g/mol. The van der Waals surface area contributed by atoms with Crippen LogP contribution < -0.4 is 4.74 Å². The molecule has 2 aromatic carbocycles. The van der Waals surface area contributed by atoms with E-state index in [1.165, 1.54) is 11.9 Å². The number of aliphatic carboxylic acids is 1. The molecule has 0 fully saturated rings. The van der Waals surface area contributed by atoms with Crippen LogP contribution in [0.1, 0.15) is 74.7 Å². The Balaban J connectivity index is 1.93. The van der Waals surface area contributed by atoms with Gasteiger partial charge in [-0.3, -0.25) is 9.59 Å². The summed E-state index contributed by atoms with van der Waals surface area (Å²) in [6.07, 6.45) is 1.03. The van der Waals surface area contributed by atoms with Crippen LogP contribution in [0.5, 0.6) is 5.75 Å². The molecule has 200 valence electrons. The number of aryl methyl sites for hydroxylation is 1. The van der Waals surface area contributed by atoms with E-state index >= 15 is 0 Å². The van der Waals surface area contributed by atoms with Crippen molar-refractivity contribution in [2.75, 3.05) is 20.2 Å². The predicted molar refractivity (Wildman–Crippen MR) is 144 cm³/mol. The van der Waals surface area contributed by atoms with Crippen LogP contribution in [0, 0.1) is 12.3 Å². The number of carboxylic acids is 1. The first-order valence-electron chi connectivity index (χ1n) is 12.8. The second kappa shape index (κ2) is 11.0. The molecule has 1 amide bonds. The number of aliphatic hydroxyl groups is 1. The van der Waals surface area contributed by atoms with E-state index in [1.54, 1.807) is 18.2 Å². The van der Waals surface area contributed by atoms with E-state index in [9.17, 15) is 14.7 Å². The molecule has 37 heavy (non-hydrogen) atoms. The highest BCUT2D eigenvalue weighted by atomic mass is 16.5. The van der Waals surface area contributed by atoms with Crippen molar-refractivity contribution in [3.63, 3.8) is 0 Å². The van der Waals surface area contributed by atoms with Crippen LogP contribution in [-0.2, 0) is 10.2 Å². The van der Waals surface area contributed by atoms with Gasteiger partial charge < -0.3 is 24.3 Å². The molecule has 0 aliphatic carbocycles. The molecule has 0 saturated carbocycles. The van der Waals surface area contributed by atoms with Crippen molar-refractivity contribution in [1.82, 2.24) is 4.90 Å². The smallest absolute Gasteiger partial charge is 0.323 e. The third-order valence-electron chi connectivity index (χ3n) is 7.29. The van der Waals surface area contributed by atoms with Gasteiger partial charge in [-0.05, 0) is 66.6 Å². The number of carbonyl (C=O) groups is 2. The zero-order valence-electron chi connectivity index (χ0n) is 22.9. The average molecular weight is 510 g/mol. The lowest BCUT2D eigenvalue weighted by Gasteiger charge is -2.31. The van der Waals surface area contributed by atoms with Crippen molar-refractivity contribution >= 4 is 22.8 Å². The maximum Gasteiger partial charge on any atom is 0.323 e. The molecule has 2 N–H and O–H groups in total. The molecule has 1 atom stereocenters. The number of rotatable bonds is 10. The van der Waals surface area contributed by atoms with Gasteiger partial charge in [0.1, 0.15) is 30.2 Å². The number of carboxylic acid groups (broad SMARTS) is 1. The first kappa shape index (κ1) is 28.3. The fourth-order valence-electron chi connectivity index (χ4n) is 4.58. The Hall–Kier alpha value is -3.32. The van der Waals surface area contributed by atoms with Gasteiger partial charge in [0.05, 0.1) is 11.5 Å². The van der Waals surface area contributed by atoms with Crippen molar-refractivity contribution in [3.8, 4) is 5.75 Å². The molecule has 0 aliphatic rings. The second-order valence-corrected chi connectivity index (χ2v) is 10.9. The van der Waals surface area contributed by atoms with Gasteiger partial charge in [-0.15, -0.1) is 0 Å². The van der Waals surface area contributed by atoms with Crippen LogP contribution in [-0.4, -0.2) is 53.3 Å². The summed E-state index contributed by atoms with van der Waals surface area (Å²) in [7, 11) is 1.47. The number of likely N-dealkylation sites (N-methyl/N-ethyl adjacent to an activating group) is 1. The molecule has 0 aliphatic heterocycles. The number of carbonyl (C=O) groups excluding carboxylic acids is 1. The maximum absolute atomic E-state index is 12.7. The van der Waals surface area contributed by atoms with Gasteiger partial charge in [-0.25, -0.2) is 0 Å². The molecule has 3 rings (SSSR count). The summed E-state index contributed by atoms with van der Waals surface area (Å²) in [5, 5.41) is 20.1. The first-order chi connectivity index (χ1) is 17.3. The highest BCUT2D eigenvalue weighted by molar-refractivity contribution is 5.98. The SMILES string of the molecule is CCC(CC)(c1ccc(OCC(O)C(C)(C)C)c(C)c1)c1cc2cc(C(=O)N(C)CC(=O)O)ccc2o1. The van der Waals surface area contributed by atoms with Gasteiger partial charge in [0, 0.05) is 18.0 Å². The summed E-state index contributed by atoms with van der Waals surface area (Å²) in [6, 6.07) is 13.3. The fraction of sp³-hybridized carbons (Fsp3) is 0.467. The Bertz CT molecular complexity index is 1260. The van der Waals surface area contributed by atoms with Crippen LogP contribution in [0.4, 0.5) is 0 Å². The molecule has 1 unspecified atom stereocenters. The number of amides is 1. The van der Waals surface area contributed by atoms with Crippen molar-refractivity contribution in [2.24, 2.45) is 5.41 Å². The summed E-state index contributed by atoms with van der Waals surface area (Å²) in [6.45, 7) is 12.1.